The van der Waals surface area contributed by atoms with Crippen molar-refractivity contribution in [2.75, 3.05) is 6.54 Å². The van der Waals surface area contributed by atoms with Crippen molar-refractivity contribution in [1.82, 2.24) is 5.32 Å². The van der Waals surface area contributed by atoms with Gasteiger partial charge in [-0.1, -0.05) is 31.5 Å². The highest BCUT2D eigenvalue weighted by Gasteiger charge is 2.07. The lowest BCUT2D eigenvalue weighted by Crippen LogP contribution is -2.36. The van der Waals surface area contributed by atoms with Gasteiger partial charge in [0.2, 0.25) is 0 Å². The highest BCUT2D eigenvalue weighted by Crippen LogP contribution is 2.18. The van der Waals surface area contributed by atoms with Gasteiger partial charge in [-0.2, -0.15) is 0 Å². The van der Waals surface area contributed by atoms with Crippen molar-refractivity contribution in [3.63, 3.8) is 0 Å². The summed E-state index contributed by atoms with van der Waals surface area (Å²) in [5, 5.41) is 4.21. The highest BCUT2D eigenvalue weighted by molar-refractivity contribution is 6.30. The predicted octanol–water partition coefficient (Wildman–Crippen LogP) is 3.89. The number of rotatable bonds is 7. The van der Waals surface area contributed by atoms with E-state index in [1.54, 1.807) is 0 Å². The molecule has 1 aromatic carbocycles. The Labute approximate surface area is 109 Å². The van der Waals surface area contributed by atoms with Crippen LogP contribution in [0.4, 0.5) is 0 Å². The molecule has 1 N–H and O–H groups in total. The summed E-state index contributed by atoms with van der Waals surface area (Å²) < 4.78 is 5.79. The predicted molar refractivity (Wildman–Crippen MR) is 73.9 cm³/mol. The molecule has 2 nitrogen and oxygen atoms in total. The van der Waals surface area contributed by atoms with Crippen LogP contribution in [0.15, 0.2) is 24.3 Å². The van der Waals surface area contributed by atoms with E-state index in [1.165, 1.54) is 0 Å². The molecular formula is C14H22ClNO. The smallest absolute Gasteiger partial charge is 0.121 e. The van der Waals surface area contributed by atoms with Crippen LogP contribution in [-0.4, -0.2) is 18.7 Å². The number of halogens is 1. The molecule has 0 bridgehead atoms. The first-order chi connectivity index (χ1) is 8.15. The van der Waals surface area contributed by atoms with E-state index in [1.807, 2.05) is 24.3 Å². The second-order valence-electron chi connectivity index (χ2n) is 4.31. The van der Waals surface area contributed by atoms with Crippen LogP contribution in [-0.2, 0) is 0 Å². The molecule has 1 unspecified atom stereocenters. The van der Waals surface area contributed by atoms with E-state index in [2.05, 4.69) is 26.1 Å². The Morgan fingerprint density at radius 1 is 1.29 bits per heavy atom. The van der Waals surface area contributed by atoms with Gasteiger partial charge < -0.3 is 10.1 Å². The molecule has 1 atom stereocenters. The standard InChI is InChI=1S/C14H22ClNO/c1-4-13(5-2)16-10-11(3)17-14-8-6-7-12(15)9-14/h6-9,11,13,16H,4-5,10H2,1-3H3. The zero-order valence-corrected chi connectivity index (χ0v) is 11.6. The monoisotopic (exact) mass is 255 g/mol. The third-order valence-corrected chi connectivity index (χ3v) is 3.05. The molecule has 0 aliphatic heterocycles. The lowest BCUT2D eigenvalue weighted by Gasteiger charge is -2.20. The molecule has 0 heterocycles. The van der Waals surface area contributed by atoms with E-state index < -0.39 is 0 Å². The number of hydrogen-bond acceptors (Lipinski definition) is 2. The summed E-state index contributed by atoms with van der Waals surface area (Å²) >= 11 is 5.91. The first kappa shape index (κ1) is 14.3. The summed E-state index contributed by atoms with van der Waals surface area (Å²) in [6.45, 7) is 7.32. The van der Waals surface area contributed by atoms with Crippen molar-refractivity contribution < 1.29 is 4.74 Å². The van der Waals surface area contributed by atoms with E-state index in [-0.39, 0.29) is 6.10 Å². The molecule has 0 spiro atoms. The quantitative estimate of drug-likeness (QED) is 0.798. The van der Waals surface area contributed by atoms with Crippen LogP contribution in [0, 0.1) is 0 Å². The fourth-order valence-corrected chi connectivity index (χ4v) is 1.90. The molecular weight excluding hydrogens is 234 g/mol. The highest BCUT2D eigenvalue weighted by atomic mass is 35.5. The maximum Gasteiger partial charge on any atom is 0.121 e. The van der Waals surface area contributed by atoms with E-state index in [0.29, 0.717) is 11.1 Å². The summed E-state index contributed by atoms with van der Waals surface area (Å²) in [5.74, 6) is 0.830. The van der Waals surface area contributed by atoms with Crippen molar-refractivity contribution >= 4 is 11.6 Å². The van der Waals surface area contributed by atoms with Gasteiger partial charge in [0.05, 0.1) is 0 Å². The number of benzene rings is 1. The van der Waals surface area contributed by atoms with Crippen LogP contribution < -0.4 is 10.1 Å². The normalized spacial score (nSPS) is 12.8. The number of hydrogen-bond donors (Lipinski definition) is 1. The van der Waals surface area contributed by atoms with Crippen molar-refractivity contribution in [3.8, 4) is 5.75 Å². The Bertz CT molecular complexity index is 326. The Kier molecular flexibility index (Phi) is 6.38. The third kappa shape index (κ3) is 5.42. The van der Waals surface area contributed by atoms with Gasteiger partial charge in [-0.3, -0.25) is 0 Å². The van der Waals surface area contributed by atoms with Crippen LogP contribution >= 0.6 is 11.6 Å². The second kappa shape index (κ2) is 7.57. The largest absolute Gasteiger partial charge is 0.489 e. The van der Waals surface area contributed by atoms with Gasteiger partial charge >= 0.3 is 0 Å². The fraction of sp³-hybridized carbons (Fsp3) is 0.571. The van der Waals surface area contributed by atoms with Gasteiger partial charge in [-0.25, -0.2) is 0 Å². The molecule has 0 saturated carbocycles. The van der Waals surface area contributed by atoms with E-state index in [0.717, 1.165) is 25.1 Å². The van der Waals surface area contributed by atoms with Gasteiger partial charge in [0.25, 0.3) is 0 Å². The zero-order chi connectivity index (χ0) is 12.7. The van der Waals surface area contributed by atoms with Crippen molar-refractivity contribution in [2.24, 2.45) is 0 Å². The summed E-state index contributed by atoms with van der Waals surface area (Å²) in [6, 6.07) is 8.11. The van der Waals surface area contributed by atoms with E-state index >= 15 is 0 Å². The molecule has 0 amide bonds. The summed E-state index contributed by atoms with van der Waals surface area (Å²) in [6.07, 6.45) is 2.45. The van der Waals surface area contributed by atoms with Crippen LogP contribution in [0.5, 0.6) is 5.75 Å². The second-order valence-corrected chi connectivity index (χ2v) is 4.74. The molecule has 0 radical (unpaired) electrons. The Morgan fingerprint density at radius 2 is 2.00 bits per heavy atom. The molecule has 0 aliphatic carbocycles. The van der Waals surface area contributed by atoms with Gasteiger partial charge in [-0.05, 0) is 38.0 Å². The Morgan fingerprint density at radius 3 is 2.59 bits per heavy atom. The first-order valence-corrected chi connectivity index (χ1v) is 6.69. The topological polar surface area (TPSA) is 21.3 Å². The van der Waals surface area contributed by atoms with Crippen LogP contribution in [0.2, 0.25) is 5.02 Å². The molecule has 0 aromatic heterocycles. The molecule has 0 fully saturated rings. The van der Waals surface area contributed by atoms with Crippen LogP contribution in [0.1, 0.15) is 33.6 Å². The number of nitrogens with one attached hydrogen (secondary N) is 1. The molecule has 3 heteroatoms. The first-order valence-electron chi connectivity index (χ1n) is 6.31. The Hall–Kier alpha value is -0.730. The van der Waals surface area contributed by atoms with Crippen LogP contribution in [0.3, 0.4) is 0 Å². The minimum atomic E-state index is 0.147. The van der Waals surface area contributed by atoms with E-state index in [4.69, 9.17) is 16.3 Å². The van der Waals surface area contributed by atoms with Gasteiger partial charge in [0.15, 0.2) is 0 Å². The summed E-state index contributed by atoms with van der Waals surface area (Å²) in [5.41, 5.74) is 0. The van der Waals surface area contributed by atoms with Gasteiger partial charge in [-0.15, -0.1) is 0 Å². The SMILES string of the molecule is CCC(CC)NCC(C)Oc1cccc(Cl)c1. The molecule has 0 saturated heterocycles. The van der Waals surface area contributed by atoms with Crippen LogP contribution in [0.25, 0.3) is 0 Å². The lowest BCUT2D eigenvalue weighted by molar-refractivity contribution is 0.210. The molecule has 96 valence electrons. The molecule has 0 aliphatic rings. The van der Waals surface area contributed by atoms with Crippen molar-refractivity contribution in [1.29, 1.82) is 0 Å². The van der Waals surface area contributed by atoms with Gasteiger partial charge in [0.1, 0.15) is 11.9 Å². The minimum absolute atomic E-state index is 0.147. The summed E-state index contributed by atoms with van der Waals surface area (Å²) in [7, 11) is 0. The fourth-order valence-electron chi connectivity index (χ4n) is 1.72. The maximum atomic E-state index is 5.91. The average Bonchev–Trinajstić information content (AvgIpc) is 2.30. The average molecular weight is 256 g/mol. The Balaban J connectivity index is 2.36. The number of ether oxygens (including phenoxy) is 1. The van der Waals surface area contributed by atoms with E-state index in [9.17, 15) is 0 Å². The minimum Gasteiger partial charge on any atom is -0.489 e. The maximum absolute atomic E-state index is 5.91. The summed E-state index contributed by atoms with van der Waals surface area (Å²) in [4.78, 5) is 0. The molecule has 17 heavy (non-hydrogen) atoms. The van der Waals surface area contributed by atoms with Crippen molar-refractivity contribution in [2.45, 2.75) is 45.8 Å². The molecule has 1 aromatic rings. The van der Waals surface area contributed by atoms with Crippen molar-refractivity contribution in [3.05, 3.63) is 29.3 Å². The third-order valence-electron chi connectivity index (χ3n) is 2.81. The zero-order valence-electron chi connectivity index (χ0n) is 10.9. The molecule has 1 rings (SSSR count). The lowest BCUT2D eigenvalue weighted by atomic mass is 10.1. The van der Waals surface area contributed by atoms with Gasteiger partial charge in [0, 0.05) is 17.6 Å².